The molecule has 0 unspecified atom stereocenters. The van der Waals surface area contributed by atoms with Gasteiger partial charge in [0.05, 0.1) is 0 Å². The first kappa shape index (κ1) is 65.2. The third-order valence-corrected chi connectivity index (χ3v) is 15.2. The Hall–Kier alpha value is -9.44. The highest BCUT2D eigenvalue weighted by atomic mass is 16.6. The predicted octanol–water partition coefficient (Wildman–Crippen LogP) is 20.9. The summed E-state index contributed by atoms with van der Waals surface area (Å²) in [5.41, 5.74) is 0.904. The molecule has 96 heavy (non-hydrogen) atoms. The molecule has 0 saturated carbocycles. The number of aromatic nitrogens is 8. The minimum Gasteiger partial charge on any atom is -0.484 e. The number of hydrogen-bond acceptors (Lipinski definition) is 14. The normalized spacial score (nSPS) is 13.4. The molecule has 11 aromatic rings. The molecule has 0 spiro atoms. The van der Waals surface area contributed by atoms with Crippen LogP contribution in [0.2, 0.25) is 0 Å². The van der Waals surface area contributed by atoms with Gasteiger partial charge in [0.1, 0.15) is 67.4 Å². The Bertz CT molecular complexity index is 4580. The lowest BCUT2D eigenvalue weighted by Crippen LogP contribution is -2.26. The van der Waals surface area contributed by atoms with Gasteiger partial charge < -0.3 is 47.9 Å². The lowest BCUT2D eigenvalue weighted by Gasteiger charge is -2.27. The van der Waals surface area contributed by atoms with Gasteiger partial charge in [-0.3, -0.25) is 0 Å². The second-order valence-electron chi connectivity index (χ2n) is 33.5. The highest BCUT2D eigenvalue weighted by Crippen LogP contribution is 2.48. The fraction of sp³-hybridized carbons (Fsp3) is 0.400. The molecule has 8 bridgehead atoms. The van der Waals surface area contributed by atoms with Crippen LogP contribution in [0.15, 0.2) is 97.1 Å². The molecule has 13 rings (SSSR count). The van der Waals surface area contributed by atoms with Crippen LogP contribution < -0.4 is 37.9 Å². The van der Waals surface area contributed by atoms with E-state index in [1.165, 1.54) is 0 Å². The molecule has 0 radical (unpaired) electrons. The maximum Gasteiger partial charge on any atom is 0.164 e. The molecule has 2 N–H and O–H groups in total. The smallest absolute Gasteiger partial charge is 0.164 e. The Labute approximate surface area is 561 Å². The summed E-state index contributed by atoms with van der Waals surface area (Å²) < 4.78 is 53.4. The molecule has 498 valence electrons. The van der Waals surface area contributed by atoms with Gasteiger partial charge in [-0.05, 0) is 306 Å². The van der Waals surface area contributed by atoms with E-state index in [0.717, 1.165) is 86.9 Å². The summed E-state index contributed by atoms with van der Waals surface area (Å²) >= 11 is 0. The average molecular weight is 1290 g/mol. The Balaban J connectivity index is 1.18. The molecule has 0 aliphatic carbocycles. The maximum absolute atomic E-state index is 6.68. The number of H-pyrrole nitrogens is 2. The summed E-state index contributed by atoms with van der Waals surface area (Å²) in [7, 11) is 0. The van der Waals surface area contributed by atoms with E-state index in [2.05, 4.69) is 58.5 Å². The molecule has 0 fully saturated rings. The first-order valence-electron chi connectivity index (χ1n) is 33.2. The van der Waals surface area contributed by atoms with Crippen molar-refractivity contribution < 1.29 is 37.9 Å². The first-order chi connectivity index (χ1) is 44.4. The van der Waals surface area contributed by atoms with E-state index in [1.54, 1.807) is 0 Å². The quantitative estimate of drug-likeness (QED) is 0.146. The van der Waals surface area contributed by atoms with E-state index < -0.39 is 44.8 Å². The third-order valence-electron chi connectivity index (χ3n) is 15.2. The van der Waals surface area contributed by atoms with Crippen molar-refractivity contribution in [1.82, 2.24) is 39.9 Å². The van der Waals surface area contributed by atoms with Gasteiger partial charge in [0, 0.05) is 43.8 Å². The monoisotopic (exact) mass is 1290 g/mol. The van der Waals surface area contributed by atoms with Crippen molar-refractivity contribution in [3.63, 3.8) is 0 Å². The molecule has 0 amide bonds. The standard InChI is InChI=1S/C80H90N8O8/c1-73(2,3)89-57-33-41-25-49-50(26-42(41)34-58(57)90-74(4,5)6)66-81-65(49)85-67-51-27-43-35-59(91-75(7,8)9)60(92-76(10,11)12)36-44(43)28-52(51)69(82-67)87-71-55-31-47-39-63(95-79(19,20)21)64(96-80(22,23)24)40-48(47)32-56(55)72(84-71)88-70-54-30-46-38-62(94-78(16,17)18)61(93-77(13,14)15)37-45(46)29-53(54)68(83-70)86-66/h25-40H,1-24H3,(H2,81,82,83,84,85,86,87,88). The van der Waals surface area contributed by atoms with Gasteiger partial charge in [-0.1, -0.05) is 0 Å². The van der Waals surface area contributed by atoms with E-state index in [1.807, 2.05) is 215 Å². The van der Waals surface area contributed by atoms with Crippen molar-refractivity contribution in [1.29, 1.82) is 0 Å². The highest BCUT2D eigenvalue weighted by molar-refractivity contribution is 6.14. The molecule has 3 aromatic heterocycles. The molecular formula is C80H90N8O8. The van der Waals surface area contributed by atoms with Crippen molar-refractivity contribution in [3.8, 4) is 91.5 Å². The van der Waals surface area contributed by atoms with Crippen molar-refractivity contribution >= 4 is 87.2 Å². The molecule has 16 nitrogen and oxygen atoms in total. The van der Waals surface area contributed by atoms with Gasteiger partial charge in [0.2, 0.25) is 0 Å². The summed E-state index contributed by atoms with van der Waals surface area (Å²) in [5, 5.41) is 10.4. The maximum atomic E-state index is 6.68. The predicted molar refractivity (Wildman–Crippen MR) is 389 cm³/mol. The SMILES string of the molecule is CC(C)(C)Oc1cc2cc3c(cc2cc1OC(C)(C)C)-c1nc-3nc2[nH]c(nc3nc(nc4[nH]c(n1)c1cc5cc(OC(C)(C)C)c(OC(C)(C)C)cc5cc41)-c1cc4cc(OC(C)(C)C)c(OC(C)(C)C)cc4cc1-3)c1cc3cc(OC(C)(C)C)c(OC(C)(C)C)cc3cc21. The Morgan fingerprint density at radius 1 is 0.198 bits per heavy atom. The molecular weight excluding hydrogens is 1200 g/mol. The van der Waals surface area contributed by atoms with E-state index in [4.69, 9.17) is 67.8 Å². The number of nitrogens with zero attached hydrogens (tertiary/aromatic N) is 6. The van der Waals surface area contributed by atoms with Crippen LogP contribution in [-0.4, -0.2) is 84.7 Å². The van der Waals surface area contributed by atoms with Crippen LogP contribution in [-0.2, 0) is 0 Å². The zero-order chi connectivity index (χ0) is 69.1. The summed E-state index contributed by atoms with van der Waals surface area (Å²) in [5.74, 6) is 6.69. The minimum atomic E-state index is -0.527. The molecule has 0 saturated heterocycles. The number of nitrogens with one attached hydrogen (secondary N) is 2. The summed E-state index contributed by atoms with van der Waals surface area (Å²) in [6.45, 7) is 48.9. The van der Waals surface area contributed by atoms with Gasteiger partial charge in [-0.25, -0.2) is 29.9 Å². The molecule has 2 aliphatic heterocycles. The largest absolute Gasteiger partial charge is 0.484 e. The van der Waals surface area contributed by atoms with Crippen LogP contribution in [0.4, 0.5) is 0 Å². The molecule has 8 aromatic carbocycles. The van der Waals surface area contributed by atoms with Crippen LogP contribution >= 0.6 is 0 Å². The van der Waals surface area contributed by atoms with Crippen molar-refractivity contribution in [2.75, 3.05) is 0 Å². The van der Waals surface area contributed by atoms with E-state index in [0.29, 0.717) is 91.9 Å². The number of ether oxygens (including phenoxy) is 8. The number of fused-ring (bicyclic) bond motifs is 24. The average Bonchev–Trinajstić information content (AvgIpc) is 1.55. The number of hydrogen-bond donors (Lipinski definition) is 2. The van der Waals surface area contributed by atoms with Gasteiger partial charge in [0.15, 0.2) is 69.3 Å². The van der Waals surface area contributed by atoms with Gasteiger partial charge >= 0.3 is 0 Å². The number of benzene rings is 8. The van der Waals surface area contributed by atoms with Crippen molar-refractivity contribution in [2.45, 2.75) is 211 Å². The van der Waals surface area contributed by atoms with E-state index in [9.17, 15) is 0 Å². The van der Waals surface area contributed by atoms with Crippen LogP contribution in [0.25, 0.3) is 133 Å². The molecule has 16 heteroatoms. The fourth-order valence-corrected chi connectivity index (χ4v) is 12.1. The number of rotatable bonds is 8. The van der Waals surface area contributed by atoms with Crippen LogP contribution in [0.5, 0.6) is 46.0 Å². The summed E-state index contributed by atoms with van der Waals surface area (Å²) in [4.78, 5) is 40.7. The Kier molecular flexibility index (Phi) is 15.0. The minimum absolute atomic E-state index is 0.432. The van der Waals surface area contributed by atoms with Crippen LogP contribution in [0, 0.1) is 0 Å². The topological polar surface area (TPSA) is 183 Å². The summed E-state index contributed by atoms with van der Waals surface area (Å²) in [6.07, 6.45) is 0. The third kappa shape index (κ3) is 13.8. The van der Waals surface area contributed by atoms with Crippen LogP contribution in [0.3, 0.4) is 0 Å². The van der Waals surface area contributed by atoms with Gasteiger partial charge in [0.25, 0.3) is 0 Å². The summed E-state index contributed by atoms with van der Waals surface area (Å²) in [6, 6.07) is 33.4. The number of aromatic amines is 2. The van der Waals surface area contributed by atoms with Crippen LogP contribution in [0.1, 0.15) is 166 Å². The lowest BCUT2D eigenvalue weighted by molar-refractivity contribution is 0.0961. The zero-order valence-electron chi connectivity index (χ0n) is 60.2. The van der Waals surface area contributed by atoms with Crippen molar-refractivity contribution in [3.05, 3.63) is 97.1 Å². The molecule has 5 heterocycles. The molecule has 2 aliphatic rings. The Morgan fingerprint density at radius 3 is 0.490 bits per heavy atom. The first-order valence-corrected chi connectivity index (χ1v) is 33.2. The Morgan fingerprint density at radius 2 is 0.344 bits per heavy atom. The van der Waals surface area contributed by atoms with Gasteiger partial charge in [-0.15, -0.1) is 0 Å². The van der Waals surface area contributed by atoms with E-state index in [-0.39, 0.29) is 0 Å². The lowest BCUT2D eigenvalue weighted by atomic mass is 10.0. The van der Waals surface area contributed by atoms with E-state index >= 15 is 0 Å². The van der Waals surface area contributed by atoms with Gasteiger partial charge in [-0.2, -0.15) is 0 Å². The highest BCUT2D eigenvalue weighted by Gasteiger charge is 2.30. The second-order valence-corrected chi connectivity index (χ2v) is 33.5. The second kappa shape index (κ2) is 22.1. The fourth-order valence-electron chi connectivity index (χ4n) is 12.1. The molecule has 0 atom stereocenters. The van der Waals surface area contributed by atoms with Crippen molar-refractivity contribution in [2.24, 2.45) is 0 Å². The zero-order valence-corrected chi connectivity index (χ0v) is 60.2.